The summed E-state index contributed by atoms with van der Waals surface area (Å²) in [6.45, 7) is 4.29. The van der Waals surface area contributed by atoms with Crippen molar-refractivity contribution in [1.82, 2.24) is 9.88 Å². The van der Waals surface area contributed by atoms with Gasteiger partial charge in [-0.25, -0.2) is 0 Å². The second-order valence-electron chi connectivity index (χ2n) is 8.46. The lowest BCUT2D eigenvalue weighted by Crippen LogP contribution is -2.40. The van der Waals surface area contributed by atoms with Crippen molar-refractivity contribution in [3.63, 3.8) is 0 Å². The van der Waals surface area contributed by atoms with Crippen LogP contribution in [0.1, 0.15) is 45.5 Å². The molecule has 1 aromatic heterocycles. The van der Waals surface area contributed by atoms with Crippen LogP contribution >= 0.6 is 11.6 Å². The van der Waals surface area contributed by atoms with Crippen molar-refractivity contribution in [2.24, 2.45) is 5.73 Å². The number of halogens is 1. The number of amides is 2. The van der Waals surface area contributed by atoms with Gasteiger partial charge in [-0.1, -0.05) is 23.3 Å². The van der Waals surface area contributed by atoms with E-state index in [0.717, 1.165) is 32.5 Å². The zero-order valence-electron chi connectivity index (χ0n) is 17.8. The Morgan fingerprint density at radius 2 is 1.94 bits per heavy atom. The van der Waals surface area contributed by atoms with Crippen LogP contribution in [0.15, 0.2) is 53.1 Å². The molecule has 0 saturated carbocycles. The van der Waals surface area contributed by atoms with Gasteiger partial charge in [-0.05, 0) is 55.3 Å². The summed E-state index contributed by atoms with van der Waals surface area (Å²) in [5.74, 6) is -0.456. The highest BCUT2D eigenvalue weighted by molar-refractivity contribution is 6.30. The molecule has 2 heterocycles. The summed E-state index contributed by atoms with van der Waals surface area (Å²) in [5, 5.41) is 2.55. The second kappa shape index (κ2) is 8.11. The van der Waals surface area contributed by atoms with E-state index in [2.05, 4.69) is 17.1 Å². The number of H-pyrrole nitrogens is 1. The normalized spacial score (nSPS) is 19.2. The summed E-state index contributed by atoms with van der Waals surface area (Å²) < 4.78 is 5.36. The van der Waals surface area contributed by atoms with Crippen molar-refractivity contribution in [2.45, 2.75) is 19.3 Å². The molecule has 32 heavy (non-hydrogen) atoms. The van der Waals surface area contributed by atoms with E-state index in [0.29, 0.717) is 49.4 Å². The predicted molar refractivity (Wildman–Crippen MR) is 126 cm³/mol. The van der Waals surface area contributed by atoms with Crippen molar-refractivity contribution in [1.29, 1.82) is 0 Å². The number of fused-ring (bicyclic) bond motifs is 3. The highest BCUT2D eigenvalue weighted by Crippen LogP contribution is 2.37. The van der Waals surface area contributed by atoms with Crippen molar-refractivity contribution >= 4 is 45.2 Å². The number of benzene rings is 2. The minimum Gasteiger partial charge on any atom is -0.378 e. The van der Waals surface area contributed by atoms with Gasteiger partial charge in [0.2, 0.25) is 0 Å². The van der Waals surface area contributed by atoms with E-state index in [1.54, 1.807) is 0 Å². The molecular formula is C25H24ClN3O3. The smallest absolute Gasteiger partial charge is 0.254 e. The first kappa shape index (κ1) is 20.8. The molecular weight excluding hydrogens is 426 g/mol. The van der Waals surface area contributed by atoms with Crippen LogP contribution in [-0.4, -0.2) is 48.0 Å². The van der Waals surface area contributed by atoms with Crippen molar-refractivity contribution < 1.29 is 14.3 Å². The first-order valence-corrected chi connectivity index (χ1v) is 11.1. The third kappa shape index (κ3) is 3.70. The summed E-state index contributed by atoms with van der Waals surface area (Å²) in [4.78, 5) is 30.5. The number of allylic oxidation sites excluding steroid dienone is 4. The van der Waals surface area contributed by atoms with Gasteiger partial charge in [-0.15, -0.1) is 0 Å². The largest absolute Gasteiger partial charge is 0.378 e. The highest BCUT2D eigenvalue weighted by atomic mass is 35.5. The van der Waals surface area contributed by atoms with E-state index in [4.69, 9.17) is 22.1 Å². The van der Waals surface area contributed by atoms with Gasteiger partial charge < -0.3 is 20.4 Å². The van der Waals surface area contributed by atoms with Crippen LogP contribution in [0.25, 0.3) is 21.8 Å². The molecule has 1 unspecified atom stereocenters. The molecule has 2 aromatic carbocycles. The Morgan fingerprint density at radius 3 is 2.66 bits per heavy atom. The quantitative estimate of drug-likeness (QED) is 0.619. The fraction of sp³-hybridized carbons (Fsp3) is 0.280. The summed E-state index contributed by atoms with van der Waals surface area (Å²) in [7, 11) is 0. The minimum atomic E-state index is -0.494. The zero-order valence-corrected chi connectivity index (χ0v) is 18.5. The van der Waals surface area contributed by atoms with E-state index in [9.17, 15) is 9.59 Å². The lowest BCUT2D eigenvalue weighted by atomic mass is 9.88. The van der Waals surface area contributed by atoms with Crippen LogP contribution in [0.2, 0.25) is 0 Å². The van der Waals surface area contributed by atoms with Crippen molar-refractivity contribution in [3.05, 3.63) is 69.8 Å². The van der Waals surface area contributed by atoms with E-state index < -0.39 is 5.91 Å². The van der Waals surface area contributed by atoms with E-state index in [1.165, 1.54) is 0 Å². The second-order valence-corrected chi connectivity index (χ2v) is 8.94. The van der Waals surface area contributed by atoms with E-state index in [-0.39, 0.29) is 11.8 Å². The van der Waals surface area contributed by atoms with E-state index in [1.807, 2.05) is 42.2 Å². The Kier molecular flexibility index (Phi) is 5.27. The molecule has 1 atom stereocenters. The molecule has 6 nitrogen and oxygen atoms in total. The lowest BCUT2D eigenvalue weighted by molar-refractivity contribution is 0.0303. The predicted octanol–water partition coefficient (Wildman–Crippen LogP) is 4.45. The van der Waals surface area contributed by atoms with Gasteiger partial charge in [-0.2, -0.15) is 0 Å². The summed E-state index contributed by atoms with van der Waals surface area (Å²) >= 11 is 6.35. The maximum absolute atomic E-state index is 13.0. The average molecular weight is 450 g/mol. The molecule has 2 aliphatic rings. The number of carbonyl (C=O) groups is 2. The number of aromatic amines is 1. The number of morpholine rings is 1. The number of nitrogens with zero attached hydrogens (tertiary/aromatic N) is 1. The zero-order chi connectivity index (χ0) is 22.4. The lowest BCUT2D eigenvalue weighted by Gasteiger charge is -2.26. The molecule has 0 bridgehead atoms. The van der Waals surface area contributed by atoms with Crippen LogP contribution in [-0.2, 0) is 4.74 Å². The molecule has 2 amide bonds. The number of aromatic nitrogens is 1. The summed E-state index contributed by atoms with van der Waals surface area (Å²) in [6.07, 6.45) is 4.78. The molecule has 0 radical (unpaired) electrons. The monoisotopic (exact) mass is 449 g/mol. The Hall–Kier alpha value is -3.09. The molecule has 3 N–H and O–H groups in total. The van der Waals surface area contributed by atoms with Crippen LogP contribution in [0, 0.1) is 0 Å². The number of ether oxygens (including phenoxy) is 1. The van der Waals surface area contributed by atoms with E-state index >= 15 is 0 Å². The maximum atomic E-state index is 13.0. The highest BCUT2D eigenvalue weighted by Gasteiger charge is 2.22. The molecule has 164 valence electrons. The first-order valence-electron chi connectivity index (χ1n) is 10.7. The van der Waals surface area contributed by atoms with Gasteiger partial charge in [0.15, 0.2) is 0 Å². The van der Waals surface area contributed by atoms with Gasteiger partial charge in [0, 0.05) is 45.9 Å². The van der Waals surface area contributed by atoms with Gasteiger partial charge >= 0.3 is 0 Å². The topological polar surface area (TPSA) is 88.4 Å². The Morgan fingerprint density at radius 1 is 1.16 bits per heavy atom. The minimum absolute atomic E-state index is 0.0152. The van der Waals surface area contributed by atoms with Crippen molar-refractivity contribution in [2.75, 3.05) is 26.3 Å². The number of hydrogen-bond acceptors (Lipinski definition) is 3. The molecule has 1 aliphatic carbocycles. The third-order valence-electron chi connectivity index (χ3n) is 6.23. The molecule has 5 rings (SSSR count). The fourth-order valence-corrected chi connectivity index (χ4v) is 5.01. The van der Waals surface area contributed by atoms with Crippen LogP contribution in [0.5, 0.6) is 0 Å². The van der Waals surface area contributed by atoms with Crippen molar-refractivity contribution in [3.8, 4) is 0 Å². The SMILES string of the molecule is CC1=CC(c2cc(C(N)=O)c3[nH]c4ccc(C(=O)N5CCOCC5)cc4c3c2)CC(Cl)=C1. The van der Waals surface area contributed by atoms with Gasteiger partial charge in [0.05, 0.1) is 24.3 Å². The molecule has 0 spiro atoms. The Labute approximate surface area is 190 Å². The van der Waals surface area contributed by atoms with Gasteiger partial charge in [-0.3, -0.25) is 9.59 Å². The molecule has 3 aromatic rings. The molecule has 1 saturated heterocycles. The summed E-state index contributed by atoms with van der Waals surface area (Å²) in [6, 6.07) is 9.53. The number of carbonyl (C=O) groups excluding carboxylic acids is 2. The fourth-order valence-electron chi connectivity index (χ4n) is 4.67. The summed E-state index contributed by atoms with van der Waals surface area (Å²) in [5.41, 5.74) is 10.4. The Bertz CT molecular complexity index is 1310. The number of nitrogens with one attached hydrogen (secondary N) is 1. The molecule has 1 fully saturated rings. The standard InChI is InChI=1S/C25H24ClN3O3/c1-14-8-16(10-18(26)9-14)17-12-20-19-11-15(25(31)29-4-6-32-7-5-29)2-3-22(19)28-23(20)21(13-17)24(27)30/h2-3,8-9,11-13,16,28H,4-7,10H2,1H3,(H2,27,30). The first-order chi connectivity index (χ1) is 15.4. The van der Waals surface area contributed by atoms with Crippen LogP contribution < -0.4 is 5.73 Å². The Balaban J connectivity index is 1.65. The molecule has 7 heteroatoms. The molecule has 1 aliphatic heterocycles. The van der Waals surface area contributed by atoms with Crippen LogP contribution in [0.4, 0.5) is 0 Å². The number of primary amides is 1. The average Bonchev–Trinajstić information content (AvgIpc) is 3.15. The van der Waals surface area contributed by atoms with Gasteiger partial charge in [0.1, 0.15) is 0 Å². The third-order valence-corrected chi connectivity index (χ3v) is 6.50. The maximum Gasteiger partial charge on any atom is 0.254 e. The van der Waals surface area contributed by atoms with Crippen LogP contribution in [0.3, 0.4) is 0 Å². The number of hydrogen-bond donors (Lipinski definition) is 2. The van der Waals surface area contributed by atoms with Gasteiger partial charge in [0.25, 0.3) is 11.8 Å². The number of rotatable bonds is 3. The number of nitrogens with two attached hydrogens (primary N) is 1.